The van der Waals surface area contributed by atoms with E-state index in [2.05, 4.69) is 15.5 Å². The number of hydrogen-bond donors (Lipinski definition) is 1. The maximum absolute atomic E-state index is 12.2. The van der Waals surface area contributed by atoms with Gasteiger partial charge in [-0.25, -0.2) is 0 Å². The molecule has 8 nitrogen and oxygen atoms in total. The summed E-state index contributed by atoms with van der Waals surface area (Å²) in [5.41, 5.74) is 1.56. The van der Waals surface area contributed by atoms with Crippen molar-refractivity contribution in [2.45, 2.75) is 0 Å². The number of anilines is 1. The summed E-state index contributed by atoms with van der Waals surface area (Å²) in [5.74, 6) is 2.35. The van der Waals surface area contributed by atoms with Crippen LogP contribution in [0.4, 0.5) is 5.13 Å². The second-order valence-corrected chi connectivity index (χ2v) is 6.89. The molecule has 2 aromatic carbocycles. The molecule has 3 aromatic rings. The highest BCUT2D eigenvalue weighted by atomic mass is 32.1. The second kappa shape index (κ2) is 8.19. The highest BCUT2D eigenvalue weighted by molar-refractivity contribution is 7.18. The van der Waals surface area contributed by atoms with Gasteiger partial charge in [0.15, 0.2) is 16.5 Å². The third kappa shape index (κ3) is 4.14. The van der Waals surface area contributed by atoms with Crippen LogP contribution in [0.5, 0.6) is 23.0 Å². The highest BCUT2D eigenvalue weighted by Gasteiger charge is 2.15. The lowest BCUT2D eigenvalue weighted by molar-refractivity contribution is -0.111. The Morgan fingerprint density at radius 3 is 2.79 bits per heavy atom. The molecule has 1 amide bonds. The van der Waals surface area contributed by atoms with E-state index in [-0.39, 0.29) is 12.7 Å². The molecule has 1 N–H and O–H groups in total. The smallest absolute Gasteiger partial charge is 0.250 e. The summed E-state index contributed by atoms with van der Waals surface area (Å²) >= 11 is 1.24. The monoisotopic (exact) mass is 411 g/mol. The van der Waals surface area contributed by atoms with Gasteiger partial charge in [0, 0.05) is 6.08 Å². The van der Waals surface area contributed by atoms with Crippen LogP contribution in [0.1, 0.15) is 5.56 Å². The van der Waals surface area contributed by atoms with Crippen molar-refractivity contribution in [3.63, 3.8) is 0 Å². The number of fused-ring (bicyclic) bond motifs is 1. The van der Waals surface area contributed by atoms with E-state index >= 15 is 0 Å². The summed E-state index contributed by atoms with van der Waals surface area (Å²) in [6.45, 7) is 0.209. The van der Waals surface area contributed by atoms with Crippen LogP contribution in [0.15, 0.2) is 42.5 Å². The van der Waals surface area contributed by atoms with Crippen LogP contribution in [0.25, 0.3) is 16.6 Å². The maximum Gasteiger partial charge on any atom is 0.250 e. The van der Waals surface area contributed by atoms with Crippen LogP contribution in [0.2, 0.25) is 0 Å². The third-order valence-corrected chi connectivity index (χ3v) is 4.99. The fourth-order valence-corrected chi connectivity index (χ4v) is 3.47. The molecule has 2 heterocycles. The van der Waals surface area contributed by atoms with Crippen LogP contribution in [0.3, 0.4) is 0 Å². The van der Waals surface area contributed by atoms with Gasteiger partial charge >= 0.3 is 0 Å². The molecule has 0 spiro atoms. The molecule has 1 aromatic heterocycles. The number of rotatable bonds is 6. The number of ether oxygens (including phenoxy) is 4. The first-order valence-corrected chi connectivity index (χ1v) is 9.42. The van der Waals surface area contributed by atoms with Gasteiger partial charge in [0.05, 0.1) is 19.8 Å². The Balaban J connectivity index is 1.46. The molecule has 0 radical (unpaired) electrons. The highest BCUT2D eigenvalue weighted by Crippen LogP contribution is 2.36. The predicted octanol–water partition coefficient (Wildman–Crippen LogP) is 3.60. The van der Waals surface area contributed by atoms with Crippen LogP contribution in [-0.4, -0.2) is 37.1 Å². The van der Waals surface area contributed by atoms with Crippen molar-refractivity contribution in [1.29, 1.82) is 0 Å². The molecule has 9 heteroatoms. The fourth-order valence-electron chi connectivity index (χ4n) is 2.70. The van der Waals surface area contributed by atoms with Crippen molar-refractivity contribution in [3.8, 4) is 33.6 Å². The summed E-state index contributed by atoms with van der Waals surface area (Å²) in [7, 11) is 3.17. The number of methoxy groups -OCH3 is 2. The topological polar surface area (TPSA) is 91.8 Å². The molecular weight excluding hydrogens is 394 g/mol. The van der Waals surface area contributed by atoms with Gasteiger partial charge in [-0.15, -0.1) is 10.2 Å². The lowest BCUT2D eigenvalue weighted by Gasteiger charge is -2.07. The number of aromatic nitrogens is 2. The standard InChI is InChI=1S/C20H17N3O5S/c1-25-13-5-7-15(26-2)14(10-13)19-22-23-20(29-19)21-18(24)8-4-12-3-6-16-17(9-12)28-11-27-16/h3-10H,11H2,1-2H3,(H,21,23,24)/b8-4+. The van der Waals surface area contributed by atoms with E-state index in [4.69, 9.17) is 18.9 Å². The Kier molecular flexibility index (Phi) is 5.30. The zero-order chi connectivity index (χ0) is 20.2. The maximum atomic E-state index is 12.2. The Hall–Kier alpha value is -3.59. The van der Waals surface area contributed by atoms with Crippen LogP contribution in [0, 0.1) is 0 Å². The van der Waals surface area contributed by atoms with Crippen LogP contribution < -0.4 is 24.3 Å². The fraction of sp³-hybridized carbons (Fsp3) is 0.150. The van der Waals surface area contributed by atoms with Gasteiger partial charge in [-0.05, 0) is 42.0 Å². The largest absolute Gasteiger partial charge is 0.497 e. The average Bonchev–Trinajstić information content (AvgIpc) is 3.40. The molecule has 1 aliphatic heterocycles. The Morgan fingerprint density at radius 1 is 1.10 bits per heavy atom. The van der Waals surface area contributed by atoms with E-state index in [1.54, 1.807) is 38.5 Å². The third-order valence-electron chi connectivity index (χ3n) is 4.12. The Bertz CT molecular complexity index is 1080. The molecule has 0 saturated carbocycles. The molecule has 148 valence electrons. The van der Waals surface area contributed by atoms with E-state index in [1.807, 2.05) is 18.2 Å². The van der Waals surface area contributed by atoms with E-state index < -0.39 is 0 Å². The molecule has 0 fully saturated rings. The second-order valence-electron chi connectivity index (χ2n) is 5.91. The summed E-state index contributed by atoms with van der Waals surface area (Å²) in [4.78, 5) is 12.2. The lowest BCUT2D eigenvalue weighted by Crippen LogP contribution is -2.07. The summed E-state index contributed by atoms with van der Waals surface area (Å²) in [5, 5.41) is 11.9. The molecule has 1 aliphatic rings. The Labute approximate surface area is 170 Å². The quantitative estimate of drug-likeness (QED) is 0.620. The lowest BCUT2D eigenvalue weighted by atomic mass is 10.2. The zero-order valence-electron chi connectivity index (χ0n) is 15.7. The van der Waals surface area contributed by atoms with E-state index in [1.165, 1.54) is 17.4 Å². The van der Waals surface area contributed by atoms with E-state index in [0.717, 1.165) is 11.1 Å². The minimum Gasteiger partial charge on any atom is -0.497 e. The van der Waals surface area contributed by atoms with Crippen molar-refractivity contribution in [3.05, 3.63) is 48.0 Å². The van der Waals surface area contributed by atoms with Crippen LogP contribution in [-0.2, 0) is 4.79 Å². The van der Waals surface area contributed by atoms with Gasteiger partial charge in [0.1, 0.15) is 11.5 Å². The first kappa shape index (κ1) is 18.8. The van der Waals surface area contributed by atoms with Crippen molar-refractivity contribution >= 4 is 28.5 Å². The summed E-state index contributed by atoms with van der Waals surface area (Å²) < 4.78 is 21.2. The number of nitrogens with zero attached hydrogens (tertiary/aromatic N) is 2. The molecule has 0 bridgehead atoms. The van der Waals surface area contributed by atoms with Gasteiger partial charge in [0.2, 0.25) is 17.8 Å². The van der Waals surface area contributed by atoms with Crippen molar-refractivity contribution in [1.82, 2.24) is 10.2 Å². The number of carbonyl (C=O) groups excluding carboxylic acids is 1. The van der Waals surface area contributed by atoms with Gasteiger partial charge in [0.25, 0.3) is 0 Å². The summed E-state index contributed by atoms with van der Waals surface area (Å²) in [6.07, 6.45) is 3.11. The van der Waals surface area contributed by atoms with Gasteiger partial charge in [-0.1, -0.05) is 17.4 Å². The number of amides is 1. The molecule has 29 heavy (non-hydrogen) atoms. The first-order chi connectivity index (χ1) is 14.2. The SMILES string of the molecule is COc1ccc(OC)c(-c2nnc(NC(=O)/C=C/c3ccc4c(c3)OCO4)s2)c1. The van der Waals surface area contributed by atoms with Gasteiger partial charge in [-0.3, -0.25) is 10.1 Å². The first-order valence-electron chi connectivity index (χ1n) is 8.61. The number of hydrogen-bond acceptors (Lipinski definition) is 8. The Morgan fingerprint density at radius 2 is 1.97 bits per heavy atom. The minimum atomic E-state index is -0.317. The van der Waals surface area contributed by atoms with E-state index in [9.17, 15) is 4.79 Å². The molecule has 0 atom stereocenters. The number of nitrogens with one attached hydrogen (secondary N) is 1. The number of benzene rings is 2. The average molecular weight is 411 g/mol. The molecule has 0 aliphatic carbocycles. The number of carbonyl (C=O) groups is 1. The minimum absolute atomic E-state index is 0.209. The molecule has 0 unspecified atom stereocenters. The van der Waals surface area contributed by atoms with Crippen molar-refractivity contribution in [2.24, 2.45) is 0 Å². The van der Waals surface area contributed by atoms with Gasteiger partial charge < -0.3 is 18.9 Å². The molecular formula is C20H17N3O5S. The molecule has 0 saturated heterocycles. The van der Waals surface area contributed by atoms with Crippen molar-refractivity contribution < 1.29 is 23.7 Å². The summed E-state index contributed by atoms with van der Waals surface area (Å²) in [6, 6.07) is 10.9. The normalized spacial score (nSPS) is 12.2. The zero-order valence-corrected chi connectivity index (χ0v) is 16.5. The van der Waals surface area contributed by atoms with Crippen LogP contribution >= 0.6 is 11.3 Å². The van der Waals surface area contributed by atoms with Gasteiger partial charge in [-0.2, -0.15) is 0 Å². The van der Waals surface area contributed by atoms with E-state index in [0.29, 0.717) is 33.1 Å². The van der Waals surface area contributed by atoms with Crippen molar-refractivity contribution in [2.75, 3.05) is 26.3 Å². The molecule has 4 rings (SSSR count). The predicted molar refractivity (Wildman–Crippen MR) is 109 cm³/mol.